The van der Waals surface area contributed by atoms with E-state index >= 15 is 0 Å². The molecule has 0 saturated carbocycles. The van der Waals surface area contributed by atoms with Gasteiger partial charge < -0.3 is 15.2 Å². The van der Waals surface area contributed by atoms with Gasteiger partial charge in [0.25, 0.3) is 0 Å². The number of ketones is 1. The van der Waals surface area contributed by atoms with E-state index in [2.05, 4.69) is 27.7 Å². The van der Waals surface area contributed by atoms with Gasteiger partial charge in [-0.3, -0.25) is 4.79 Å². The van der Waals surface area contributed by atoms with E-state index in [-0.39, 0.29) is 18.2 Å². The van der Waals surface area contributed by atoms with Gasteiger partial charge in [0.05, 0.1) is 20.8 Å². The molecule has 0 saturated heterocycles. The van der Waals surface area contributed by atoms with Crippen LogP contribution in [0.15, 0.2) is 18.2 Å². The minimum atomic E-state index is 0.153. The van der Waals surface area contributed by atoms with E-state index in [0.717, 1.165) is 30.3 Å². The van der Waals surface area contributed by atoms with Crippen molar-refractivity contribution in [2.24, 2.45) is 17.6 Å². The first kappa shape index (κ1) is 26.7. The first-order chi connectivity index (χ1) is 12.3. The molecule has 0 spiro atoms. The molecule has 1 atom stereocenters. The minimum absolute atomic E-state index is 0.153. The molecule has 2 N–H and O–H groups in total. The first-order valence-electron chi connectivity index (χ1n) is 9.74. The summed E-state index contributed by atoms with van der Waals surface area (Å²) in [5.74, 6) is 2.80. The number of nitrogens with two attached hydrogens (primary N) is 1. The van der Waals surface area contributed by atoms with E-state index in [1.165, 1.54) is 18.4 Å². The molecule has 26 heavy (non-hydrogen) atoms. The Balaban J connectivity index is 0. The van der Waals surface area contributed by atoms with E-state index in [1.54, 1.807) is 14.2 Å². The standard InChI is InChI=1S/C10H14O2.C6H13NO.C6H14/c1-4-8-5-6-9(11-2)10(7-8)12-3;1-3-5(2)6(8)4-7;1-4-5-6(2)3/h5-7H,4H2,1-3H3;5H,3-4,7H2,1-2H3;6H,4-5H2,1-3H3. The van der Waals surface area contributed by atoms with Crippen LogP contribution in [0.25, 0.3) is 0 Å². The largest absolute Gasteiger partial charge is 0.493 e. The lowest BCUT2D eigenvalue weighted by molar-refractivity contribution is -0.121. The zero-order valence-electron chi connectivity index (χ0n) is 18.2. The quantitative estimate of drug-likeness (QED) is 0.680. The SMILES string of the molecule is CCC(C)C(=O)CN.CCCC(C)C.CCc1ccc(OC)c(OC)c1. The molecular formula is C22H41NO3. The number of methoxy groups -OCH3 is 2. The smallest absolute Gasteiger partial charge is 0.160 e. The molecule has 0 aliphatic carbocycles. The molecule has 0 bridgehead atoms. The summed E-state index contributed by atoms with van der Waals surface area (Å²) in [4.78, 5) is 10.6. The lowest BCUT2D eigenvalue weighted by Crippen LogP contribution is -2.20. The normalized spacial score (nSPS) is 10.8. The Labute approximate surface area is 161 Å². The van der Waals surface area contributed by atoms with Crippen molar-refractivity contribution in [3.05, 3.63) is 23.8 Å². The molecule has 1 aromatic rings. The Bertz CT molecular complexity index is 472. The lowest BCUT2D eigenvalue weighted by Gasteiger charge is -2.07. The van der Waals surface area contributed by atoms with Crippen LogP contribution in [0.2, 0.25) is 0 Å². The van der Waals surface area contributed by atoms with E-state index < -0.39 is 0 Å². The number of Topliss-reactive ketones (excluding diaryl/α,β-unsaturated/α-hetero) is 1. The maximum atomic E-state index is 10.6. The van der Waals surface area contributed by atoms with Crippen LogP contribution < -0.4 is 15.2 Å². The number of hydrogen-bond donors (Lipinski definition) is 1. The van der Waals surface area contributed by atoms with Gasteiger partial charge in [0.15, 0.2) is 11.5 Å². The van der Waals surface area contributed by atoms with Gasteiger partial charge in [-0.15, -0.1) is 0 Å². The van der Waals surface area contributed by atoms with Crippen molar-refractivity contribution in [3.8, 4) is 11.5 Å². The van der Waals surface area contributed by atoms with Crippen LogP contribution >= 0.6 is 0 Å². The molecular weight excluding hydrogens is 326 g/mol. The monoisotopic (exact) mass is 367 g/mol. The molecule has 1 aromatic carbocycles. The summed E-state index contributed by atoms with van der Waals surface area (Å²) in [5.41, 5.74) is 6.36. The van der Waals surface area contributed by atoms with Crippen molar-refractivity contribution in [2.75, 3.05) is 20.8 Å². The Hall–Kier alpha value is -1.55. The Morgan fingerprint density at radius 2 is 1.62 bits per heavy atom. The Morgan fingerprint density at radius 3 is 1.88 bits per heavy atom. The van der Waals surface area contributed by atoms with E-state index in [9.17, 15) is 4.79 Å². The van der Waals surface area contributed by atoms with Crippen LogP contribution in [-0.4, -0.2) is 26.5 Å². The summed E-state index contributed by atoms with van der Waals surface area (Å²) in [6.07, 6.45) is 4.62. The highest BCUT2D eigenvalue weighted by molar-refractivity contribution is 5.82. The molecule has 0 aliphatic rings. The third kappa shape index (κ3) is 12.8. The van der Waals surface area contributed by atoms with Crippen LogP contribution in [0.5, 0.6) is 11.5 Å². The summed E-state index contributed by atoms with van der Waals surface area (Å²) in [6, 6.07) is 5.97. The molecule has 0 amide bonds. The van der Waals surface area contributed by atoms with Crippen molar-refractivity contribution in [1.29, 1.82) is 0 Å². The number of carbonyl (C=O) groups is 1. The van der Waals surface area contributed by atoms with Gasteiger partial charge in [-0.1, -0.05) is 60.5 Å². The maximum Gasteiger partial charge on any atom is 0.160 e. The number of ether oxygens (including phenoxy) is 2. The van der Waals surface area contributed by atoms with Crippen molar-refractivity contribution >= 4 is 5.78 Å². The van der Waals surface area contributed by atoms with Gasteiger partial charge in [0.2, 0.25) is 0 Å². The van der Waals surface area contributed by atoms with Crippen LogP contribution in [0.4, 0.5) is 0 Å². The van der Waals surface area contributed by atoms with Crippen LogP contribution in [-0.2, 0) is 11.2 Å². The average molecular weight is 368 g/mol. The first-order valence-corrected chi connectivity index (χ1v) is 9.74. The Kier molecular flexibility index (Phi) is 17.3. The molecule has 4 heteroatoms. The zero-order chi connectivity index (χ0) is 20.5. The van der Waals surface area contributed by atoms with Gasteiger partial charge in [0.1, 0.15) is 5.78 Å². The third-order valence-corrected chi connectivity index (χ3v) is 4.09. The molecule has 4 nitrogen and oxygen atoms in total. The topological polar surface area (TPSA) is 61.6 Å². The number of rotatable bonds is 8. The van der Waals surface area contributed by atoms with E-state index in [4.69, 9.17) is 15.2 Å². The van der Waals surface area contributed by atoms with E-state index in [0.29, 0.717) is 0 Å². The van der Waals surface area contributed by atoms with Crippen LogP contribution in [0, 0.1) is 11.8 Å². The third-order valence-electron chi connectivity index (χ3n) is 4.09. The minimum Gasteiger partial charge on any atom is -0.493 e. The fourth-order valence-corrected chi connectivity index (χ4v) is 2.11. The second-order valence-electron chi connectivity index (χ2n) is 6.71. The molecule has 0 aromatic heterocycles. The predicted molar refractivity (Wildman–Crippen MR) is 112 cm³/mol. The van der Waals surface area contributed by atoms with Crippen molar-refractivity contribution < 1.29 is 14.3 Å². The molecule has 1 rings (SSSR count). The van der Waals surface area contributed by atoms with Crippen molar-refractivity contribution in [1.82, 2.24) is 0 Å². The fourth-order valence-electron chi connectivity index (χ4n) is 2.11. The van der Waals surface area contributed by atoms with Crippen LogP contribution in [0.3, 0.4) is 0 Å². The summed E-state index contributed by atoms with van der Waals surface area (Å²) < 4.78 is 10.3. The maximum absolute atomic E-state index is 10.6. The molecule has 152 valence electrons. The second kappa shape index (κ2) is 16.9. The molecule has 0 fully saturated rings. The number of aryl methyl sites for hydroxylation is 1. The van der Waals surface area contributed by atoms with Gasteiger partial charge in [-0.25, -0.2) is 0 Å². The molecule has 0 heterocycles. The fraction of sp³-hybridized carbons (Fsp3) is 0.682. The highest BCUT2D eigenvalue weighted by Crippen LogP contribution is 2.27. The summed E-state index contributed by atoms with van der Waals surface area (Å²) in [5, 5.41) is 0. The van der Waals surface area contributed by atoms with Gasteiger partial charge in [-0.05, 0) is 36.5 Å². The Morgan fingerprint density at radius 1 is 1.04 bits per heavy atom. The summed E-state index contributed by atoms with van der Waals surface area (Å²) in [6.45, 7) is 12.9. The highest BCUT2D eigenvalue weighted by Gasteiger charge is 2.06. The van der Waals surface area contributed by atoms with Crippen molar-refractivity contribution in [3.63, 3.8) is 0 Å². The van der Waals surface area contributed by atoms with Gasteiger partial charge >= 0.3 is 0 Å². The number of benzene rings is 1. The molecule has 1 unspecified atom stereocenters. The van der Waals surface area contributed by atoms with Crippen molar-refractivity contribution in [2.45, 2.75) is 67.2 Å². The number of carbonyl (C=O) groups excluding carboxylic acids is 1. The zero-order valence-corrected chi connectivity index (χ0v) is 18.2. The van der Waals surface area contributed by atoms with Crippen LogP contribution in [0.1, 0.15) is 66.4 Å². The summed E-state index contributed by atoms with van der Waals surface area (Å²) >= 11 is 0. The van der Waals surface area contributed by atoms with Gasteiger partial charge in [0, 0.05) is 5.92 Å². The van der Waals surface area contributed by atoms with Gasteiger partial charge in [-0.2, -0.15) is 0 Å². The number of hydrogen-bond acceptors (Lipinski definition) is 4. The van der Waals surface area contributed by atoms with E-state index in [1.807, 2.05) is 32.0 Å². The average Bonchev–Trinajstić information content (AvgIpc) is 2.66. The predicted octanol–water partition coefficient (Wildman–Crippen LogP) is 5.27. The molecule has 0 aliphatic heterocycles. The lowest BCUT2D eigenvalue weighted by atomic mass is 10.0. The second-order valence-corrected chi connectivity index (χ2v) is 6.71. The molecule has 0 radical (unpaired) electrons. The summed E-state index contributed by atoms with van der Waals surface area (Å²) in [7, 11) is 3.29. The highest BCUT2D eigenvalue weighted by atomic mass is 16.5.